The van der Waals surface area contributed by atoms with Gasteiger partial charge in [0, 0.05) is 43.3 Å². The minimum Gasteiger partial charge on any atom is -0.481 e. The van der Waals surface area contributed by atoms with Crippen molar-refractivity contribution in [1.29, 1.82) is 0 Å². The molecule has 10 atom stereocenters. The minimum absolute atomic E-state index is 0.00530. The van der Waals surface area contributed by atoms with Crippen LogP contribution in [0.15, 0.2) is 29.6 Å². The molecule has 1 aliphatic carbocycles. The van der Waals surface area contributed by atoms with E-state index in [-0.39, 0.29) is 73.1 Å². The van der Waals surface area contributed by atoms with Crippen molar-refractivity contribution in [3.63, 3.8) is 0 Å². The van der Waals surface area contributed by atoms with Gasteiger partial charge in [-0.05, 0) is 129 Å². The number of ether oxygens (including phenoxy) is 2. The summed E-state index contributed by atoms with van der Waals surface area (Å²) in [4.78, 5) is 133. The molecule has 0 radical (unpaired) electrons. The molecule has 2 aliphatic rings. The molecule has 23 heteroatoms. The summed E-state index contributed by atoms with van der Waals surface area (Å²) in [6, 6.07) is 0.771. The number of carboxylic acids is 1. The number of anilines is 1. The van der Waals surface area contributed by atoms with Crippen LogP contribution in [0.5, 0.6) is 0 Å². The first-order valence-electron chi connectivity index (χ1n) is 29.7. The van der Waals surface area contributed by atoms with Gasteiger partial charge >= 0.3 is 11.9 Å². The highest BCUT2D eigenvalue weighted by Gasteiger charge is 2.40. The fourth-order valence-electron chi connectivity index (χ4n) is 9.77. The molecule has 2 heterocycles. The number of unbranched alkanes of at least 4 members (excludes halogenated alkanes) is 1. The summed E-state index contributed by atoms with van der Waals surface area (Å²) in [7, 11) is 1.90. The molecule has 1 fully saturated rings. The number of carboxylic acid groups (broad SMARTS) is 1. The smallest absolute Gasteiger partial charge is 0.309 e. The number of terminal acetylenes is 1. The molecule has 0 saturated carbocycles. The topological polar surface area (TPSA) is 293 Å². The minimum atomic E-state index is -1.28. The van der Waals surface area contributed by atoms with E-state index in [0.717, 1.165) is 62.8 Å². The van der Waals surface area contributed by atoms with Gasteiger partial charge in [-0.3, -0.25) is 52.9 Å². The van der Waals surface area contributed by atoms with E-state index in [9.17, 15) is 48.3 Å². The van der Waals surface area contributed by atoms with Crippen LogP contribution < -0.4 is 31.9 Å². The number of nitrogens with one attached hydrogen (secondary N) is 6. The summed E-state index contributed by atoms with van der Waals surface area (Å²) < 4.78 is 11.5. The van der Waals surface area contributed by atoms with Crippen LogP contribution in [0.1, 0.15) is 180 Å². The fourth-order valence-corrected chi connectivity index (χ4v) is 10.6. The molecule has 22 nitrogen and oxygen atoms in total. The molecule has 0 bridgehead atoms. The lowest BCUT2D eigenvalue weighted by Gasteiger charge is -2.39. The quantitative estimate of drug-likeness (QED) is 0.0191. The monoisotopic (exact) mass is 1200 g/mol. The van der Waals surface area contributed by atoms with Crippen LogP contribution >= 0.6 is 11.3 Å². The van der Waals surface area contributed by atoms with Gasteiger partial charge in [-0.25, -0.2) is 10.0 Å². The van der Waals surface area contributed by atoms with Gasteiger partial charge in [-0.1, -0.05) is 65.0 Å². The van der Waals surface area contributed by atoms with E-state index < -0.39 is 95.2 Å². The number of hydrogen-bond donors (Lipinski definition) is 7. The number of amides is 7. The fraction of sp³-hybridized carbons (Fsp3) is 0.645. The molecule has 1 saturated heterocycles. The average Bonchev–Trinajstić information content (AvgIpc) is 4.22. The molecule has 7 N–H and O–H groups in total. The molecule has 1 aromatic heterocycles. The number of aliphatic carboxylic acids is 1. The maximum Gasteiger partial charge on any atom is 0.309 e. The summed E-state index contributed by atoms with van der Waals surface area (Å²) in [5, 5.41) is 29.7. The summed E-state index contributed by atoms with van der Waals surface area (Å²) in [6.07, 6.45) is 12.8. The van der Waals surface area contributed by atoms with E-state index >= 15 is 0 Å². The van der Waals surface area contributed by atoms with Crippen molar-refractivity contribution in [2.45, 2.75) is 214 Å². The lowest BCUT2D eigenvalue weighted by atomic mass is 9.84. The average molecular weight is 1200 g/mol. The molecular weight excluding hydrogens is 1110 g/mol. The largest absolute Gasteiger partial charge is 0.481 e. The maximum atomic E-state index is 14.9. The first kappa shape index (κ1) is 70.6. The van der Waals surface area contributed by atoms with Crippen LogP contribution in [0, 0.1) is 41.4 Å². The third-order valence-corrected chi connectivity index (χ3v) is 16.2. The van der Waals surface area contributed by atoms with Crippen LogP contribution in [0.25, 0.3) is 0 Å². The van der Waals surface area contributed by atoms with Gasteiger partial charge in [0.25, 0.3) is 11.8 Å². The van der Waals surface area contributed by atoms with E-state index in [1.807, 2.05) is 39.6 Å². The third-order valence-electron chi connectivity index (χ3n) is 15.2. The number of nitrogens with zero attached hydrogens (tertiary/aromatic N) is 3. The number of hydrogen-bond acceptors (Lipinski definition) is 15. The number of thiazole rings is 1. The van der Waals surface area contributed by atoms with Gasteiger partial charge in [0.1, 0.15) is 47.6 Å². The van der Waals surface area contributed by atoms with E-state index in [2.05, 4.69) is 54.6 Å². The molecule has 7 amide bonds. The standard InChI is InChI=1S/C62H91N9O13S/c1-13-15-23-32-83-71(60(79)53(39(5)14-2)69-58(78)49-26-21-22-31-70(49)12)50(38(3)4)34-51(84-43(9)72)59-68-48(37-85-59)57(77)67-46(35-62(10,11)61(80)81)33-44-27-29-45(30-28-44)66-56(76)42(8)65-55(75)41(7)64-54(74)40(6)63-52(73)36-82-47-24-19-17-16-18-20-25-47/h1,27-30,37-42,46-47,49-51,53H,14-19,21-24,26,31-36H2,2-12H3,(H,63,73)(H,64,74)(H,65,75)(H,66,76)(H,67,77)(H,69,78)(H,80,81)/t39-,40-,41+,42-,46-,47?,49+,50+,51+,53-/m0/s1. The highest BCUT2D eigenvalue weighted by molar-refractivity contribution is 7.09. The highest BCUT2D eigenvalue weighted by Crippen LogP contribution is 2.33. The third kappa shape index (κ3) is 23.1. The number of esters is 1. The van der Waals surface area contributed by atoms with Crippen LogP contribution in [0.3, 0.4) is 0 Å². The Labute approximate surface area is 505 Å². The highest BCUT2D eigenvalue weighted by atomic mass is 32.1. The van der Waals surface area contributed by atoms with Crippen molar-refractivity contribution in [2.24, 2.45) is 17.3 Å². The molecule has 468 valence electrons. The number of rotatable bonds is 32. The molecule has 0 spiro atoms. The molecular formula is C62H91N9O13S. The number of likely N-dealkylation sites (N-methyl/N-ethyl adjacent to an activating group) is 1. The van der Waals surface area contributed by atoms with Gasteiger partial charge < -0.3 is 46.5 Å². The predicted molar refractivity (Wildman–Crippen MR) is 322 cm³/mol. The van der Waals surface area contributed by atoms with Crippen molar-refractivity contribution in [2.75, 3.05) is 32.1 Å². The van der Waals surface area contributed by atoms with Gasteiger partial charge in [-0.15, -0.1) is 29.6 Å². The maximum absolute atomic E-state index is 14.9. The number of aromatic nitrogens is 1. The number of carbonyl (C=O) groups excluding carboxylic acids is 8. The number of piperidine rings is 1. The summed E-state index contributed by atoms with van der Waals surface area (Å²) in [6.45, 7) is 17.0. The van der Waals surface area contributed by atoms with Crippen LogP contribution in [-0.4, -0.2) is 149 Å². The Balaban J connectivity index is 1.44. The lowest BCUT2D eigenvalue weighted by Crippen LogP contribution is -2.58. The van der Waals surface area contributed by atoms with Crippen molar-refractivity contribution in [1.82, 2.24) is 41.5 Å². The Morgan fingerprint density at radius 3 is 2.16 bits per heavy atom. The second-order valence-electron chi connectivity index (χ2n) is 23.3. The summed E-state index contributed by atoms with van der Waals surface area (Å²) in [5.74, 6) is 2.75. The Morgan fingerprint density at radius 1 is 0.882 bits per heavy atom. The molecule has 85 heavy (non-hydrogen) atoms. The van der Waals surface area contributed by atoms with Crippen molar-refractivity contribution < 1.29 is 62.6 Å². The molecule has 4 rings (SSSR count). The van der Waals surface area contributed by atoms with Gasteiger partial charge in [0.05, 0.1) is 24.1 Å². The zero-order valence-corrected chi connectivity index (χ0v) is 52.2. The Hall–Kier alpha value is -6.92. The Kier molecular flexibility index (Phi) is 29.0. The Morgan fingerprint density at radius 2 is 1.54 bits per heavy atom. The molecule has 1 unspecified atom stereocenters. The van der Waals surface area contributed by atoms with Crippen molar-refractivity contribution in [3.05, 3.63) is 45.9 Å². The van der Waals surface area contributed by atoms with Crippen LogP contribution in [0.2, 0.25) is 0 Å². The van der Waals surface area contributed by atoms with E-state index in [1.165, 1.54) is 38.1 Å². The van der Waals surface area contributed by atoms with Crippen molar-refractivity contribution >= 4 is 70.3 Å². The van der Waals surface area contributed by atoms with E-state index in [1.54, 1.807) is 38.1 Å². The molecule has 1 aromatic carbocycles. The van der Waals surface area contributed by atoms with Gasteiger partial charge in [0.2, 0.25) is 29.5 Å². The normalized spacial score (nSPS) is 18.2. The predicted octanol–water partition coefficient (Wildman–Crippen LogP) is 6.00. The molecule has 1 aliphatic heterocycles. The van der Waals surface area contributed by atoms with Gasteiger partial charge in [0.15, 0.2) is 6.10 Å². The SMILES string of the molecule is C#CCCCON(C(=O)[C@@H](NC(=O)[C@H]1CCCCN1C)[C@@H](C)CC)[C@H](C[C@@H](OC(C)=O)c1nc(C(=O)N[C@@H](Cc2ccc(NC(=O)[C@H](C)NC(=O)[C@@H](C)NC(=O)[C@H](C)NC(=O)COC3C#CCCCCC3)cc2)CC(C)(C)C(=O)O)cs1)C(C)C. The zero-order chi connectivity index (χ0) is 63.0. The first-order chi connectivity index (χ1) is 40.2. The second kappa shape index (κ2) is 34.9. The molecule has 2 aromatic rings. The number of carbonyl (C=O) groups is 9. The summed E-state index contributed by atoms with van der Waals surface area (Å²) >= 11 is 1.07. The van der Waals surface area contributed by atoms with E-state index in [0.29, 0.717) is 36.9 Å². The first-order valence-corrected chi connectivity index (χ1v) is 30.6. The van der Waals surface area contributed by atoms with Crippen LogP contribution in [-0.2, 0) is 59.1 Å². The Bertz CT molecular complexity index is 2700. The number of likely N-dealkylation sites (tertiary alicyclic amines) is 1. The summed E-state index contributed by atoms with van der Waals surface area (Å²) in [5.41, 5.74) is -0.242. The van der Waals surface area contributed by atoms with Crippen molar-refractivity contribution in [3.8, 4) is 24.2 Å². The van der Waals surface area contributed by atoms with E-state index in [4.69, 9.17) is 20.7 Å². The van der Waals surface area contributed by atoms with Gasteiger partial charge in [-0.2, -0.15) is 0 Å². The lowest BCUT2D eigenvalue weighted by molar-refractivity contribution is -0.213. The van der Waals surface area contributed by atoms with Crippen LogP contribution in [0.4, 0.5) is 5.69 Å². The number of benzene rings is 1. The second-order valence-corrected chi connectivity index (χ2v) is 24.2. The number of hydroxylamine groups is 2. The zero-order valence-electron chi connectivity index (χ0n) is 51.4.